The minimum Gasteiger partial charge on any atom is -0.398 e. The maximum absolute atomic E-state index is 12.4. The summed E-state index contributed by atoms with van der Waals surface area (Å²) in [4.78, 5) is 14.3. The molecule has 0 bridgehead atoms. The summed E-state index contributed by atoms with van der Waals surface area (Å²) in [7, 11) is 0. The van der Waals surface area contributed by atoms with Crippen molar-refractivity contribution < 1.29 is 4.79 Å². The highest BCUT2D eigenvalue weighted by Gasteiger charge is 2.30. The Balaban J connectivity index is 2.07. The number of rotatable bonds is 2. The van der Waals surface area contributed by atoms with Crippen LogP contribution in [-0.4, -0.2) is 23.9 Å². The summed E-state index contributed by atoms with van der Waals surface area (Å²) in [6, 6.07) is 7.32. The first-order valence-corrected chi connectivity index (χ1v) is 6.69. The second-order valence-corrected chi connectivity index (χ2v) is 5.54. The van der Waals surface area contributed by atoms with Gasteiger partial charge in [-0.05, 0) is 30.4 Å². The van der Waals surface area contributed by atoms with Crippen molar-refractivity contribution >= 4 is 11.6 Å². The summed E-state index contributed by atoms with van der Waals surface area (Å²) in [6.45, 7) is 6.23. The number of anilines is 1. The van der Waals surface area contributed by atoms with E-state index in [1.54, 1.807) is 6.07 Å². The highest BCUT2D eigenvalue weighted by Crippen LogP contribution is 2.34. The first-order valence-electron chi connectivity index (χ1n) is 6.69. The van der Waals surface area contributed by atoms with Gasteiger partial charge in [0, 0.05) is 18.8 Å². The topological polar surface area (TPSA) is 46.3 Å². The van der Waals surface area contributed by atoms with Crippen LogP contribution in [0.4, 0.5) is 5.69 Å². The van der Waals surface area contributed by atoms with Gasteiger partial charge in [0.25, 0.3) is 5.91 Å². The van der Waals surface area contributed by atoms with Crippen molar-refractivity contribution in [3.05, 3.63) is 29.8 Å². The van der Waals surface area contributed by atoms with Gasteiger partial charge in [0.05, 0.1) is 5.56 Å². The van der Waals surface area contributed by atoms with Crippen molar-refractivity contribution in [2.45, 2.75) is 33.1 Å². The van der Waals surface area contributed by atoms with E-state index in [-0.39, 0.29) is 5.91 Å². The Labute approximate surface area is 109 Å². The van der Waals surface area contributed by atoms with E-state index in [0.717, 1.165) is 25.9 Å². The molecule has 1 aromatic carbocycles. The van der Waals surface area contributed by atoms with Gasteiger partial charge in [0.15, 0.2) is 0 Å². The van der Waals surface area contributed by atoms with Crippen molar-refractivity contribution in [3.63, 3.8) is 0 Å². The standard InChI is InChI=1S/C15H22N2O/c1-3-15(2)8-10-17(11-9-15)14(18)12-6-4-5-7-13(12)16/h4-7H,3,8-11,16H2,1-2H3. The van der Waals surface area contributed by atoms with Gasteiger partial charge >= 0.3 is 0 Å². The van der Waals surface area contributed by atoms with Crippen molar-refractivity contribution in [2.24, 2.45) is 5.41 Å². The fourth-order valence-corrected chi connectivity index (χ4v) is 2.47. The van der Waals surface area contributed by atoms with E-state index in [2.05, 4.69) is 13.8 Å². The van der Waals surface area contributed by atoms with Gasteiger partial charge in [-0.3, -0.25) is 4.79 Å². The molecule has 0 radical (unpaired) electrons. The van der Waals surface area contributed by atoms with E-state index < -0.39 is 0 Å². The SMILES string of the molecule is CCC1(C)CCN(C(=O)c2ccccc2N)CC1. The molecule has 2 rings (SSSR count). The van der Waals surface area contributed by atoms with E-state index in [9.17, 15) is 4.79 Å². The van der Waals surface area contributed by atoms with Crippen LogP contribution in [0.5, 0.6) is 0 Å². The molecule has 3 nitrogen and oxygen atoms in total. The van der Waals surface area contributed by atoms with E-state index in [1.807, 2.05) is 23.1 Å². The number of likely N-dealkylation sites (tertiary alicyclic amines) is 1. The monoisotopic (exact) mass is 246 g/mol. The molecule has 0 aliphatic carbocycles. The lowest BCUT2D eigenvalue weighted by molar-refractivity contribution is 0.0601. The third kappa shape index (κ3) is 2.50. The number of amides is 1. The minimum absolute atomic E-state index is 0.0752. The Hall–Kier alpha value is -1.51. The zero-order chi connectivity index (χ0) is 13.2. The molecule has 1 heterocycles. The summed E-state index contributed by atoms with van der Waals surface area (Å²) in [6.07, 6.45) is 3.35. The number of para-hydroxylation sites is 1. The number of benzene rings is 1. The van der Waals surface area contributed by atoms with Crippen LogP contribution in [0.25, 0.3) is 0 Å². The van der Waals surface area contributed by atoms with Crippen molar-refractivity contribution in [3.8, 4) is 0 Å². The predicted molar refractivity (Wildman–Crippen MR) is 74.4 cm³/mol. The highest BCUT2D eigenvalue weighted by molar-refractivity contribution is 5.99. The van der Waals surface area contributed by atoms with Gasteiger partial charge < -0.3 is 10.6 Å². The predicted octanol–water partition coefficient (Wildman–Crippen LogP) is 2.92. The molecule has 0 unspecified atom stereocenters. The lowest BCUT2D eigenvalue weighted by atomic mass is 9.78. The minimum atomic E-state index is 0.0752. The molecule has 1 fully saturated rings. The molecule has 18 heavy (non-hydrogen) atoms. The Kier molecular flexibility index (Phi) is 3.60. The largest absolute Gasteiger partial charge is 0.398 e. The first-order chi connectivity index (χ1) is 8.56. The number of nitrogen functional groups attached to an aromatic ring is 1. The Bertz CT molecular complexity index is 434. The van der Waals surface area contributed by atoms with Gasteiger partial charge in [-0.25, -0.2) is 0 Å². The molecular formula is C15H22N2O. The number of piperidine rings is 1. The third-order valence-electron chi connectivity index (χ3n) is 4.30. The highest BCUT2D eigenvalue weighted by atomic mass is 16.2. The maximum Gasteiger partial charge on any atom is 0.255 e. The van der Waals surface area contributed by atoms with Crippen molar-refractivity contribution in [1.29, 1.82) is 0 Å². The normalized spacial score (nSPS) is 18.7. The van der Waals surface area contributed by atoms with Gasteiger partial charge in [-0.2, -0.15) is 0 Å². The fraction of sp³-hybridized carbons (Fsp3) is 0.533. The Morgan fingerprint density at radius 2 is 1.94 bits per heavy atom. The Morgan fingerprint density at radius 1 is 1.33 bits per heavy atom. The molecule has 0 aromatic heterocycles. The number of hydrogen-bond donors (Lipinski definition) is 1. The molecule has 3 heteroatoms. The van der Waals surface area contributed by atoms with E-state index >= 15 is 0 Å². The summed E-state index contributed by atoms with van der Waals surface area (Å²) < 4.78 is 0. The first kappa shape index (κ1) is 12.9. The van der Waals surface area contributed by atoms with Crippen molar-refractivity contribution in [2.75, 3.05) is 18.8 Å². The summed E-state index contributed by atoms with van der Waals surface area (Å²) >= 11 is 0. The average Bonchev–Trinajstić information content (AvgIpc) is 2.39. The van der Waals surface area contributed by atoms with Gasteiger partial charge in [-0.15, -0.1) is 0 Å². The van der Waals surface area contributed by atoms with E-state index in [1.165, 1.54) is 6.42 Å². The van der Waals surface area contributed by atoms with Crippen LogP contribution in [0.3, 0.4) is 0 Å². The van der Waals surface area contributed by atoms with Crippen LogP contribution < -0.4 is 5.73 Å². The number of hydrogen-bond acceptors (Lipinski definition) is 2. The fourth-order valence-electron chi connectivity index (χ4n) is 2.47. The van der Waals surface area contributed by atoms with Gasteiger partial charge in [-0.1, -0.05) is 32.4 Å². The second kappa shape index (κ2) is 5.01. The number of nitrogens with zero attached hydrogens (tertiary/aromatic N) is 1. The van der Waals surface area contributed by atoms with Crippen LogP contribution in [-0.2, 0) is 0 Å². The quantitative estimate of drug-likeness (QED) is 0.815. The zero-order valence-electron chi connectivity index (χ0n) is 11.3. The van der Waals surface area contributed by atoms with E-state index in [4.69, 9.17) is 5.73 Å². The van der Waals surface area contributed by atoms with Crippen LogP contribution in [0.15, 0.2) is 24.3 Å². The van der Waals surface area contributed by atoms with Crippen LogP contribution >= 0.6 is 0 Å². The van der Waals surface area contributed by atoms with Crippen molar-refractivity contribution in [1.82, 2.24) is 4.90 Å². The lowest BCUT2D eigenvalue weighted by Gasteiger charge is -2.39. The summed E-state index contributed by atoms with van der Waals surface area (Å²) in [5.74, 6) is 0.0752. The van der Waals surface area contributed by atoms with Gasteiger partial charge in [0.2, 0.25) is 0 Å². The second-order valence-electron chi connectivity index (χ2n) is 5.54. The average molecular weight is 246 g/mol. The molecule has 2 N–H and O–H groups in total. The molecule has 1 aromatic rings. The Morgan fingerprint density at radius 3 is 2.50 bits per heavy atom. The van der Waals surface area contributed by atoms with Crippen LogP contribution in [0.2, 0.25) is 0 Å². The summed E-state index contributed by atoms with van der Waals surface area (Å²) in [5.41, 5.74) is 7.47. The van der Waals surface area contributed by atoms with E-state index in [0.29, 0.717) is 16.7 Å². The molecule has 0 atom stereocenters. The van der Waals surface area contributed by atoms with Crippen LogP contribution in [0.1, 0.15) is 43.5 Å². The maximum atomic E-state index is 12.4. The third-order valence-corrected chi connectivity index (χ3v) is 4.30. The number of carbonyl (C=O) groups is 1. The molecule has 1 aliphatic heterocycles. The molecule has 1 aliphatic rings. The number of carbonyl (C=O) groups excluding carboxylic acids is 1. The number of nitrogens with two attached hydrogens (primary N) is 1. The smallest absolute Gasteiger partial charge is 0.255 e. The molecule has 0 spiro atoms. The molecule has 98 valence electrons. The molecular weight excluding hydrogens is 224 g/mol. The lowest BCUT2D eigenvalue weighted by Crippen LogP contribution is -2.42. The molecule has 1 saturated heterocycles. The molecule has 1 amide bonds. The molecule has 0 saturated carbocycles. The zero-order valence-corrected chi connectivity index (χ0v) is 11.3. The van der Waals surface area contributed by atoms with Crippen LogP contribution in [0, 0.1) is 5.41 Å². The summed E-state index contributed by atoms with van der Waals surface area (Å²) in [5, 5.41) is 0. The van der Waals surface area contributed by atoms with Gasteiger partial charge in [0.1, 0.15) is 0 Å².